The molecule has 1 aromatic rings. The highest BCUT2D eigenvalue weighted by atomic mass is 79.9. The zero-order valence-corrected chi connectivity index (χ0v) is 9.50. The number of hydrogen-bond acceptors (Lipinski definition) is 2. The maximum Gasteiger partial charge on any atom is 0.166 e. The lowest BCUT2D eigenvalue weighted by atomic mass is 10.1. The Hall–Kier alpha value is -0.830. The molecular formula is C11H11BrO2. The fourth-order valence-corrected chi connectivity index (χ4v) is 1.88. The van der Waals surface area contributed by atoms with Crippen molar-refractivity contribution in [1.82, 2.24) is 0 Å². The van der Waals surface area contributed by atoms with Gasteiger partial charge in [0.1, 0.15) is 5.75 Å². The van der Waals surface area contributed by atoms with E-state index in [1.165, 1.54) is 0 Å². The summed E-state index contributed by atoms with van der Waals surface area (Å²) in [5.41, 5.74) is 0.749. The van der Waals surface area contributed by atoms with Crippen LogP contribution in [0, 0.1) is 5.92 Å². The number of ketones is 1. The fraction of sp³-hybridized carbons (Fsp3) is 0.364. The molecule has 0 amide bonds. The third-order valence-electron chi connectivity index (χ3n) is 2.34. The van der Waals surface area contributed by atoms with Crippen molar-refractivity contribution < 1.29 is 9.53 Å². The van der Waals surface area contributed by atoms with Crippen molar-refractivity contribution in [3.63, 3.8) is 0 Å². The molecule has 3 heteroatoms. The molecule has 1 aromatic carbocycles. The van der Waals surface area contributed by atoms with E-state index >= 15 is 0 Å². The first-order chi connectivity index (χ1) is 6.70. The average molecular weight is 255 g/mol. The van der Waals surface area contributed by atoms with Gasteiger partial charge < -0.3 is 4.74 Å². The van der Waals surface area contributed by atoms with Crippen LogP contribution in [0.15, 0.2) is 22.7 Å². The monoisotopic (exact) mass is 254 g/mol. The Morgan fingerprint density at radius 3 is 2.71 bits per heavy atom. The number of benzene rings is 1. The van der Waals surface area contributed by atoms with E-state index in [1.807, 2.05) is 12.1 Å². The molecule has 1 aliphatic rings. The van der Waals surface area contributed by atoms with Crippen LogP contribution in [-0.4, -0.2) is 12.9 Å². The quantitative estimate of drug-likeness (QED) is 0.776. The molecule has 0 bridgehead atoms. The summed E-state index contributed by atoms with van der Waals surface area (Å²) in [6.07, 6.45) is 2.07. The maximum absolute atomic E-state index is 11.8. The SMILES string of the molecule is COc1cc(Br)cc(C(=O)C2CC2)c1. The van der Waals surface area contributed by atoms with E-state index in [2.05, 4.69) is 15.9 Å². The molecule has 0 aromatic heterocycles. The summed E-state index contributed by atoms with van der Waals surface area (Å²) in [5, 5.41) is 0. The van der Waals surface area contributed by atoms with Crippen LogP contribution in [0.1, 0.15) is 23.2 Å². The first-order valence-electron chi connectivity index (χ1n) is 4.59. The van der Waals surface area contributed by atoms with E-state index in [1.54, 1.807) is 13.2 Å². The molecule has 0 radical (unpaired) electrons. The van der Waals surface area contributed by atoms with E-state index in [9.17, 15) is 4.79 Å². The molecule has 0 unspecified atom stereocenters. The van der Waals surface area contributed by atoms with Gasteiger partial charge in [0.2, 0.25) is 0 Å². The molecule has 0 N–H and O–H groups in total. The van der Waals surface area contributed by atoms with Gasteiger partial charge in [0.15, 0.2) is 5.78 Å². The smallest absolute Gasteiger partial charge is 0.166 e. The van der Waals surface area contributed by atoms with Gasteiger partial charge in [-0.25, -0.2) is 0 Å². The van der Waals surface area contributed by atoms with E-state index in [0.29, 0.717) is 0 Å². The van der Waals surface area contributed by atoms with Crippen LogP contribution in [0.25, 0.3) is 0 Å². The van der Waals surface area contributed by atoms with Crippen molar-refractivity contribution in [1.29, 1.82) is 0 Å². The van der Waals surface area contributed by atoms with Crippen LogP contribution >= 0.6 is 15.9 Å². The number of Topliss-reactive ketones (excluding diaryl/α,β-unsaturated/α-hetero) is 1. The van der Waals surface area contributed by atoms with Crippen molar-refractivity contribution in [2.45, 2.75) is 12.8 Å². The lowest BCUT2D eigenvalue weighted by Gasteiger charge is -2.04. The van der Waals surface area contributed by atoms with Crippen molar-refractivity contribution in [3.05, 3.63) is 28.2 Å². The highest BCUT2D eigenvalue weighted by Gasteiger charge is 2.30. The minimum absolute atomic E-state index is 0.240. The molecule has 14 heavy (non-hydrogen) atoms. The molecule has 0 saturated heterocycles. The highest BCUT2D eigenvalue weighted by Crippen LogP contribution is 2.34. The summed E-state index contributed by atoms with van der Waals surface area (Å²) < 4.78 is 5.99. The lowest BCUT2D eigenvalue weighted by Crippen LogP contribution is -2.01. The van der Waals surface area contributed by atoms with Gasteiger partial charge in [-0.2, -0.15) is 0 Å². The second-order valence-electron chi connectivity index (χ2n) is 3.52. The van der Waals surface area contributed by atoms with E-state index in [0.717, 1.165) is 28.6 Å². The van der Waals surface area contributed by atoms with Gasteiger partial charge in [-0.15, -0.1) is 0 Å². The average Bonchev–Trinajstić information content (AvgIpc) is 2.99. The Labute approximate surface area is 91.4 Å². The molecule has 0 aliphatic heterocycles. The van der Waals surface area contributed by atoms with Gasteiger partial charge in [0.05, 0.1) is 7.11 Å². The predicted octanol–water partition coefficient (Wildman–Crippen LogP) is 3.05. The van der Waals surface area contributed by atoms with Gasteiger partial charge in [0.25, 0.3) is 0 Å². The number of rotatable bonds is 3. The third-order valence-corrected chi connectivity index (χ3v) is 2.80. The number of methoxy groups -OCH3 is 1. The molecule has 0 spiro atoms. The molecule has 2 nitrogen and oxygen atoms in total. The summed E-state index contributed by atoms with van der Waals surface area (Å²) in [7, 11) is 1.60. The summed E-state index contributed by atoms with van der Waals surface area (Å²) in [6, 6.07) is 5.50. The van der Waals surface area contributed by atoms with Gasteiger partial charge in [-0.1, -0.05) is 15.9 Å². The van der Waals surface area contributed by atoms with Crippen LogP contribution < -0.4 is 4.74 Å². The van der Waals surface area contributed by atoms with Gasteiger partial charge in [0, 0.05) is 16.0 Å². The van der Waals surface area contributed by atoms with E-state index in [4.69, 9.17) is 4.74 Å². The zero-order chi connectivity index (χ0) is 10.1. The largest absolute Gasteiger partial charge is 0.497 e. The Bertz CT molecular complexity index is 370. The maximum atomic E-state index is 11.8. The Balaban J connectivity index is 2.31. The Kier molecular flexibility index (Phi) is 2.59. The lowest BCUT2D eigenvalue weighted by molar-refractivity contribution is 0.0967. The molecule has 1 fully saturated rings. The number of hydrogen-bond donors (Lipinski definition) is 0. The van der Waals surface area contributed by atoms with Crippen LogP contribution in [-0.2, 0) is 0 Å². The predicted molar refractivity (Wildman–Crippen MR) is 57.7 cm³/mol. The Morgan fingerprint density at radius 1 is 1.43 bits per heavy atom. The molecule has 1 aliphatic carbocycles. The minimum Gasteiger partial charge on any atom is -0.497 e. The van der Waals surface area contributed by atoms with Gasteiger partial charge >= 0.3 is 0 Å². The second-order valence-corrected chi connectivity index (χ2v) is 4.43. The van der Waals surface area contributed by atoms with Gasteiger partial charge in [-0.3, -0.25) is 4.79 Å². The summed E-state index contributed by atoms with van der Waals surface area (Å²) in [4.78, 5) is 11.8. The highest BCUT2D eigenvalue weighted by molar-refractivity contribution is 9.10. The zero-order valence-electron chi connectivity index (χ0n) is 7.92. The van der Waals surface area contributed by atoms with Crippen LogP contribution in [0.5, 0.6) is 5.75 Å². The molecular weight excluding hydrogens is 244 g/mol. The third kappa shape index (κ3) is 1.98. The summed E-state index contributed by atoms with van der Waals surface area (Å²) in [6.45, 7) is 0. The number of carbonyl (C=O) groups is 1. The summed E-state index contributed by atoms with van der Waals surface area (Å²) in [5.74, 6) is 1.22. The molecule has 2 rings (SSSR count). The van der Waals surface area contributed by atoms with Crippen molar-refractivity contribution >= 4 is 21.7 Å². The topological polar surface area (TPSA) is 26.3 Å². The first-order valence-corrected chi connectivity index (χ1v) is 5.39. The van der Waals surface area contributed by atoms with Crippen molar-refractivity contribution in [2.24, 2.45) is 5.92 Å². The molecule has 74 valence electrons. The van der Waals surface area contributed by atoms with Crippen molar-refractivity contribution in [2.75, 3.05) is 7.11 Å². The standard InChI is InChI=1S/C11H11BrO2/c1-14-10-5-8(4-9(12)6-10)11(13)7-2-3-7/h4-7H,2-3H2,1H3. The van der Waals surface area contributed by atoms with E-state index < -0.39 is 0 Å². The molecule has 1 saturated carbocycles. The molecule has 0 heterocycles. The number of carbonyl (C=O) groups excluding carboxylic acids is 1. The number of halogens is 1. The van der Waals surface area contributed by atoms with Crippen LogP contribution in [0.3, 0.4) is 0 Å². The van der Waals surface area contributed by atoms with Crippen molar-refractivity contribution in [3.8, 4) is 5.75 Å². The van der Waals surface area contributed by atoms with E-state index in [-0.39, 0.29) is 11.7 Å². The first kappa shape index (κ1) is 9.71. The Morgan fingerprint density at radius 2 is 2.14 bits per heavy atom. The van der Waals surface area contributed by atoms with Gasteiger partial charge in [-0.05, 0) is 31.0 Å². The van der Waals surface area contributed by atoms with Crippen LogP contribution in [0.4, 0.5) is 0 Å². The number of ether oxygens (including phenoxy) is 1. The fourth-order valence-electron chi connectivity index (χ4n) is 1.40. The molecule has 0 atom stereocenters. The normalized spacial score (nSPS) is 15.3. The van der Waals surface area contributed by atoms with Crippen LogP contribution in [0.2, 0.25) is 0 Å². The minimum atomic E-state index is 0.240. The summed E-state index contributed by atoms with van der Waals surface area (Å²) >= 11 is 3.36. The second kappa shape index (κ2) is 3.73.